The number of rotatable bonds is 6. The van der Waals surface area contributed by atoms with Gasteiger partial charge in [-0.15, -0.1) is 10.2 Å². The van der Waals surface area contributed by atoms with Crippen LogP contribution in [0.5, 0.6) is 11.8 Å². The van der Waals surface area contributed by atoms with Gasteiger partial charge in [0.1, 0.15) is 6.10 Å². The Kier molecular flexibility index (Phi) is 6.19. The second-order valence-corrected chi connectivity index (χ2v) is 6.18. The fourth-order valence-corrected chi connectivity index (χ4v) is 2.87. The van der Waals surface area contributed by atoms with E-state index < -0.39 is 0 Å². The average Bonchev–Trinajstić information content (AvgIpc) is 2.73. The van der Waals surface area contributed by atoms with Crippen LogP contribution < -0.4 is 14.8 Å². The zero-order valence-electron chi connectivity index (χ0n) is 15.1. The number of hydrogen-bond acceptors (Lipinski definition) is 6. The summed E-state index contributed by atoms with van der Waals surface area (Å²) in [6.07, 6.45) is 1.50. The van der Waals surface area contributed by atoms with Crippen molar-refractivity contribution < 1.29 is 19.1 Å². The van der Waals surface area contributed by atoms with E-state index in [1.165, 1.54) is 7.11 Å². The summed E-state index contributed by atoms with van der Waals surface area (Å²) in [6.45, 7) is 1.06. The predicted molar refractivity (Wildman–Crippen MR) is 97.6 cm³/mol. The van der Waals surface area contributed by atoms with Gasteiger partial charge in [-0.3, -0.25) is 9.59 Å². The largest absolute Gasteiger partial charge is 0.480 e. The molecule has 0 radical (unpaired) electrons. The SMILES string of the molecule is COc1ccc(OC2CCCN(C(=O)CNC(=O)c3ccccc3)C2)nn1. The molecule has 3 rings (SSSR count). The number of piperidine rings is 1. The lowest BCUT2D eigenvalue weighted by Crippen LogP contribution is -2.48. The topological polar surface area (TPSA) is 93.7 Å². The van der Waals surface area contributed by atoms with Crippen LogP contribution >= 0.6 is 0 Å². The monoisotopic (exact) mass is 370 g/mol. The molecule has 1 saturated heterocycles. The Labute approximate surface area is 157 Å². The molecule has 2 amide bonds. The van der Waals surface area contributed by atoms with Gasteiger partial charge in [0.2, 0.25) is 17.7 Å². The smallest absolute Gasteiger partial charge is 0.251 e. The summed E-state index contributed by atoms with van der Waals surface area (Å²) in [6, 6.07) is 12.2. The number of hydrogen-bond donors (Lipinski definition) is 1. The van der Waals surface area contributed by atoms with E-state index in [0.29, 0.717) is 30.4 Å². The van der Waals surface area contributed by atoms with Gasteiger partial charge in [-0.05, 0) is 25.0 Å². The van der Waals surface area contributed by atoms with Gasteiger partial charge in [-0.25, -0.2) is 0 Å². The maximum absolute atomic E-state index is 12.4. The van der Waals surface area contributed by atoms with Gasteiger partial charge in [0.15, 0.2) is 0 Å². The van der Waals surface area contributed by atoms with Crippen LogP contribution in [-0.2, 0) is 4.79 Å². The number of carbonyl (C=O) groups is 2. The molecule has 142 valence electrons. The molecule has 1 unspecified atom stereocenters. The van der Waals surface area contributed by atoms with Crippen molar-refractivity contribution in [2.75, 3.05) is 26.7 Å². The van der Waals surface area contributed by atoms with Gasteiger partial charge in [-0.2, -0.15) is 0 Å². The second kappa shape index (κ2) is 8.98. The molecule has 1 atom stereocenters. The molecule has 1 aromatic carbocycles. The predicted octanol–water partition coefficient (Wildman–Crippen LogP) is 1.28. The van der Waals surface area contributed by atoms with Gasteiger partial charge < -0.3 is 19.7 Å². The number of carbonyl (C=O) groups excluding carboxylic acids is 2. The van der Waals surface area contributed by atoms with Gasteiger partial charge in [0.05, 0.1) is 20.2 Å². The molecule has 2 aromatic rings. The number of amides is 2. The molecule has 1 fully saturated rings. The zero-order valence-corrected chi connectivity index (χ0v) is 15.1. The van der Waals surface area contributed by atoms with E-state index in [4.69, 9.17) is 9.47 Å². The van der Waals surface area contributed by atoms with Crippen molar-refractivity contribution in [3.05, 3.63) is 48.0 Å². The highest BCUT2D eigenvalue weighted by Crippen LogP contribution is 2.17. The van der Waals surface area contributed by atoms with E-state index in [1.807, 2.05) is 6.07 Å². The number of nitrogens with zero attached hydrogens (tertiary/aromatic N) is 3. The Balaban J connectivity index is 1.49. The van der Waals surface area contributed by atoms with Crippen molar-refractivity contribution in [1.82, 2.24) is 20.4 Å². The fourth-order valence-electron chi connectivity index (χ4n) is 2.87. The maximum Gasteiger partial charge on any atom is 0.251 e. The van der Waals surface area contributed by atoms with Crippen molar-refractivity contribution in [2.45, 2.75) is 18.9 Å². The number of likely N-dealkylation sites (tertiary alicyclic amines) is 1. The first-order valence-electron chi connectivity index (χ1n) is 8.81. The minimum atomic E-state index is -0.262. The summed E-state index contributed by atoms with van der Waals surface area (Å²) in [7, 11) is 1.52. The van der Waals surface area contributed by atoms with Crippen LogP contribution in [0.2, 0.25) is 0 Å². The molecule has 0 aliphatic carbocycles. The molecule has 1 aliphatic rings. The number of benzene rings is 1. The number of ether oxygens (including phenoxy) is 2. The van der Waals surface area contributed by atoms with Gasteiger partial charge in [0.25, 0.3) is 5.91 Å². The first-order chi connectivity index (χ1) is 13.2. The van der Waals surface area contributed by atoms with Crippen molar-refractivity contribution in [1.29, 1.82) is 0 Å². The summed E-state index contributed by atoms with van der Waals surface area (Å²) in [5.41, 5.74) is 0.531. The number of aromatic nitrogens is 2. The fraction of sp³-hybridized carbons (Fsp3) is 0.368. The third-order valence-electron chi connectivity index (χ3n) is 4.28. The first-order valence-corrected chi connectivity index (χ1v) is 8.81. The summed E-state index contributed by atoms with van der Waals surface area (Å²) in [5, 5.41) is 10.5. The summed E-state index contributed by atoms with van der Waals surface area (Å²) in [4.78, 5) is 26.2. The normalized spacial score (nSPS) is 16.5. The van der Waals surface area contributed by atoms with Crippen molar-refractivity contribution in [2.24, 2.45) is 0 Å². The van der Waals surface area contributed by atoms with Crippen LogP contribution in [0.25, 0.3) is 0 Å². The number of methoxy groups -OCH3 is 1. The van der Waals surface area contributed by atoms with Crippen LogP contribution in [0.4, 0.5) is 0 Å². The van der Waals surface area contributed by atoms with Crippen LogP contribution in [0.3, 0.4) is 0 Å². The summed E-state index contributed by atoms with van der Waals surface area (Å²) >= 11 is 0. The second-order valence-electron chi connectivity index (χ2n) is 6.18. The van der Waals surface area contributed by atoms with Crippen LogP contribution in [0, 0.1) is 0 Å². The van der Waals surface area contributed by atoms with Crippen molar-refractivity contribution in [3.63, 3.8) is 0 Å². The molecule has 8 heteroatoms. The van der Waals surface area contributed by atoms with E-state index in [0.717, 1.165) is 12.8 Å². The third kappa shape index (κ3) is 5.16. The lowest BCUT2D eigenvalue weighted by Gasteiger charge is -2.32. The van der Waals surface area contributed by atoms with E-state index in [2.05, 4.69) is 15.5 Å². The van der Waals surface area contributed by atoms with E-state index >= 15 is 0 Å². The summed E-state index contributed by atoms with van der Waals surface area (Å²) < 4.78 is 10.8. The highest BCUT2D eigenvalue weighted by Gasteiger charge is 2.25. The number of nitrogens with one attached hydrogen (secondary N) is 1. The molecule has 0 saturated carbocycles. The molecule has 1 N–H and O–H groups in total. The quantitative estimate of drug-likeness (QED) is 0.823. The minimum Gasteiger partial charge on any atom is -0.480 e. The van der Waals surface area contributed by atoms with Crippen LogP contribution in [0.1, 0.15) is 23.2 Å². The maximum atomic E-state index is 12.4. The molecule has 2 heterocycles. The Hall–Kier alpha value is -3.16. The Bertz CT molecular complexity index is 767. The molecule has 27 heavy (non-hydrogen) atoms. The van der Waals surface area contributed by atoms with Crippen LogP contribution in [0.15, 0.2) is 42.5 Å². The van der Waals surface area contributed by atoms with E-state index in [1.54, 1.807) is 41.3 Å². The van der Waals surface area contributed by atoms with Gasteiger partial charge >= 0.3 is 0 Å². The molecular weight excluding hydrogens is 348 g/mol. The Morgan fingerprint density at radius 2 is 1.89 bits per heavy atom. The molecule has 0 spiro atoms. The highest BCUT2D eigenvalue weighted by molar-refractivity contribution is 5.96. The van der Waals surface area contributed by atoms with Crippen LogP contribution in [-0.4, -0.2) is 59.8 Å². The van der Waals surface area contributed by atoms with E-state index in [9.17, 15) is 9.59 Å². The molecule has 8 nitrogen and oxygen atoms in total. The van der Waals surface area contributed by atoms with Gasteiger partial charge in [-0.1, -0.05) is 18.2 Å². The van der Waals surface area contributed by atoms with E-state index in [-0.39, 0.29) is 24.5 Å². The van der Waals surface area contributed by atoms with Crippen molar-refractivity contribution in [3.8, 4) is 11.8 Å². The standard InChI is InChI=1S/C19H22N4O4/c1-26-16-9-10-17(22-21-16)27-15-8-5-11-23(13-15)18(24)12-20-19(25)14-6-3-2-4-7-14/h2-4,6-7,9-10,15H,5,8,11-13H2,1H3,(H,20,25). The summed E-state index contributed by atoms with van der Waals surface area (Å²) in [5.74, 6) is 0.417. The third-order valence-corrected chi connectivity index (χ3v) is 4.28. The Morgan fingerprint density at radius 1 is 1.15 bits per heavy atom. The minimum absolute atomic E-state index is 0.0389. The molecular formula is C19H22N4O4. The molecule has 0 bridgehead atoms. The zero-order chi connectivity index (χ0) is 19.1. The Morgan fingerprint density at radius 3 is 2.59 bits per heavy atom. The molecule has 1 aromatic heterocycles. The lowest BCUT2D eigenvalue weighted by molar-refractivity contribution is -0.132. The lowest BCUT2D eigenvalue weighted by atomic mass is 10.1. The van der Waals surface area contributed by atoms with Gasteiger partial charge in [0, 0.05) is 24.2 Å². The first kappa shape index (κ1) is 18.6. The highest BCUT2D eigenvalue weighted by atomic mass is 16.5. The van der Waals surface area contributed by atoms with Crippen molar-refractivity contribution >= 4 is 11.8 Å². The molecule has 1 aliphatic heterocycles. The average molecular weight is 370 g/mol.